The Hall–Kier alpha value is -1.98. The number of carbonyl (C=O) groups is 1. The maximum Gasteiger partial charge on any atom is 0.342 e. The third-order valence-electron chi connectivity index (χ3n) is 1.62. The fourth-order valence-corrected chi connectivity index (χ4v) is 0.963. The van der Waals surface area contributed by atoms with Gasteiger partial charge in [-0.2, -0.15) is 0 Å². The Bertz CT molecular complexity index is 388. The van der Waals surface area contributed by atoms with Gasteiger partial charge in [-0.25, -0.2) is 9.18 Å². The van der Waals surface area contributed by atoms with Gasteiger partial charge in [-0.05, 0) is 0 Å². The first kappa shape index (κ1) is 10.1. The van der Waals surface area contributed by atoms with E-state index in [2.05, 4.69) is 4.74 Å². The molecule has 0 fully saturated rings. The second-order valence-electron chi connectivity index (χ2n) is 2.44. The molecule has 14 heavy (non-hydrogen) atoms. The highest BCUT2D eigenvalue weighted by Crippen LogP contribution is 2.36. The van der Waals surface area contributed by atoms with Gasteiger partial charge in [0.1, 0.15) is 11.3 Å². The molecule has 6 heteroatoms. The molecule has 0 saturated carbocycles. The van der Waals surface area contributed by atoms with Gasteiger partial charge < -0.3 is 20.1 Å². The van der Waals surface area contributed by atoms with E-state index in [0.29, 0.717) is 0 Å². The van der Waals surface area contributed by atoms with E-state index in [1.165, 1.54) is 0 Å². The molecule has 1 aromatic carbocycles. The standard InChI is InChI=1S/C8H7FO5/c1-14-4-2-3(10)5(8(12)13)6(9)7(4)11/h2,10-11H,1H3,(H,12,13). The first-order chi connectivity index (χ1) is 6.49. The summed E-state index contributed by atoms with van der Waals surface area (Å²) in [7, 11) is 1.15. The summed E-state index contributed by atoms with van der Waals surface area (Å²) in [6, 6.07) is 0.821. The molecule has 1 aromatic rings. The summed E-state index contributed by atoms with van der Waals surface area (Å²) in [4.78, 5) is 10.4. The highest BCUT2D eigenvalue weighted by molar-refractivity contribution is 5.92. The smallest absolute Gasteiger partial charge is 0.342 e. The van der Waals surface area contributed by atoms with Gasteiger partial charge >= 0.3 is 5.97 Å². The summed E-state index contributed by atoms with van der Waals surface area (Å²) in [6.07, 6.45) is 0. The zero-order chi connectivity index (χ0) is 10.9. The van der Waals surface area contributed by atoms with Crippen LogP contribution in [0.25, 0.3) is 0 Å². The van der Waals surface area contributed by atoms with Crippen molar-refractivity contribution in [3.63, 3.8) is 0 Å². The van der Waals surface area contributed by atoms with Crippen molar-refractivity contribution in [1.29, 1.82) is 0 Å². The van der Waals surface area contributed by atoms with Crippen LogP contribution < -0.4 is 4.74 Å². The van der Waals surface area contributed by atoms with Crippen LogP contribution in [0.3, 0.4) is 0 Å². The SMILES string of the molecule is COc1cc(O)c(C(=O)O)c(F)c1O. The fraction of sp³-hybridized carbons (Fsp3) is 0.125. The van der Waals surface area contributed by atoms with Crippen molar-refractivity contribution in [3.8, 4) is 17.2 Å². The van der Waals surface area contributed by atoms with E-state index in [9.17, 15) is 9.18 Å². The van der Waals surface area contributed by atoms with Crippen LogP contribution in [0, 0.1) is 5.82 Å². The maximum absolute atomic E-state index is 13.1. The Morgan fingerprint density at radius 3 is 2.50 bits per heavy atom. The van der Waals surface area contributed by atoms with E-state index < -0.39 is 28.8 Å². The van der Waals surface area contributed by atoms with Gasteiger partial charge in [0.05, 0.1) is 7.11 Å². The number of benzene rings is 1. The van der Waals surface area contributed by atoms with Crippen LogP contribution >= 0.6 is 0 Å². The normalized spacial score (nSPS) is 9.86. The average molecular weight is 202 g/mol. The molecule has 1 rings (SSSR count). The third kappa shape index (κ3) is 1.41. The summed E-state index contributed by atoms with van der Waals surface area (Å²) in [6.45, 7) is 0. The number of phenols is 2. The van der Waals surface area contributed by atoms with E-state index >= 15 is 0 Å². The van der Waals surface area contributed by atoms with Gasteiger partial charge in [0.2, 0.25) is 0 Å². The Kier molecular flexibility index (Phi) is 2.46. The van der Waals surface area contributed by atoms with Crippen molar-refractivity contribution < 1.29 is 29.2 Å². The van der Waals surface area contributed by atoms with Gasteiger partial charge in [-0.1, -0.05) is 0 Å². The van der Waals surface area contributed by atoms with E-state index in [1.54, 1.807) is 0 Å². The number of carboxylic acids is 1. The Balaban J connectivity index is 3.49. The molecule has 76 valence electrons. The lowest BCUT2D eigenvalue weighted by atomic mass is 10.1. The molecule has 0 aliphatic carbocycles. The van der Waals surface area contributed by atoms with Crippen molar-refractivity contribution in [2.75, 3.05) is 7.11 Å². The van der Waals surface area contributed by atoms with Gasteiger partial charge in [0.25, 0.3) is 0 Å². The second-order valence-corrected chi connectivity index (χ2v) is 2.44. The molecule has 0 atom stereocenters. The van der Waals surface area contributed by atoms with Crippen molar-refractivity contribution in [2.24, 2.45) is 0 Å². The van der Waals surface area contributed by atoms with Crippen LogP contribution in [0.15, 0.2) is 6.07 Å². The van der Waals surface area contributed by atoms with Crippen LogP contribution in [-0.4, -0.2) is 28.4 Å². The fourth-order valence-electron chi connectivity index (χ4n) is 0.963. The molecule has 0 heterocycles. The number of rotatable bonds is 2. The number of hydrogen-bond acceptors (Lipinski definition) is 4. The molecular formula is C8H7FO5. The molecular weight excluding hydrogens is 195 g/mol. The zero-order valence-corrected chi connectivity index (χ0v) is 7.11. The minimum Gasteiger partial charge on any atom is -0.507 e. The minimum absolute atomic E-state index is 0.329. The number of halogens is 1. The number of aromatic hydroxyl groups is 2. The first-order valence-electron chi connectivity index (χ1n) is 3.50. The van der Waals surface area contributed by atoms with E-state index in [-0.39, 0.29) is 5.75 Å². The largest absolute Gasteiger partial charge is 0.507 e. The van der Waals surface area contributed by atoms with Crippen molar-refractivity contribution in [3.05, 3.63) is 17.4 Å². The van der Waals surface area contributed by atoms with E-state index in [4.69, 9.17) is 15.3 Å². The summed E-state index contributed by atoms with van der Waals surface area (Å²) in [5.41, 5.74) is -0.983. The molecule has 0 saturated heterocycles. The monoisotopic (exact) mass is 202 g/mol. The quantitative estimate of drug-likeness (QED) is 0.621. The van der Waals surface area contributed by atoms with Crippen molar-refractivity contribution >= 4 is 5.97 Å². The zero-order valence-electron chi connectivity index (χ0n) is 7.11. The summed E-state index contributed by atoms with van der Waals surface area (Å²) < 4.78 is 17.6. The Morgan fingerprint density at radius 1 is 1.50 bits per heavy atom. The summed E-state index contributed by atoms with van der Waals surface area (Å²) in [5, 5.41) is 26.6. The Labute approximate surface area is 78.0 Å². The minimum atomic E-state index is -1.67. The van der Waals surface area contributed by atoms with E-state index in [1.807, 2.05) is 0 Å². The van der Waals surface area contributed by atoms with E-state index in [0.717, 1.165) is 13.2 Å². The lowest BCUT2D eigenvalue weighted by Gasteiger charge is -2.07. The lowest BCUT2D eigenvalue weighted by Crippen LogP contribution is -2.02. The highest BCUT2D eigenvalue weighted by atomic mass is 19.1. The van der Waals surface area contributed by atoms with Crippen molar-refractivity contribution in [1.82, 2.24) is 0 Å². The predicted molar refractivity (Wildman–Crippen MR) is 43.2 cm³/mol. The molecule has 0 aliphatic heterocycles. The molecule has 0 bridgehead atoms. The number of carboxylic acid groups (broad SMARTS) is 1. The summed E-state index contributed by atoms with van der Waals surface area (Å²) >= 11 is 0. The topological polar surface area (TPSA) is 87.0 Å². The highest BCUT2D eigenvalue weighted by Gasteiger charge is 2.22. The molecule has 0 amide bonds. The van der Waals surface area contributed by atoms with Crippen LogP contribution in [0.2, 0.25) is 0 Å². The van der Waals surface area contributed by atoms with Crippen molar-refractivity contribution in [2.45, 2.75) is 0 Å². The average Bonchev–Trinajstić information content (AvgIpc) is 2.10. The van der Waals surface area contributed by atoms with Gasteiger partial charge in [-0.3, -0.25) is 0 Å². The number of methoxy groups -OCH3 is 1. The van der Waals surface area contributed by atoms with Crippen LogP contribution in [0.5, 0.6) is 17.2 Å². The number of aromatic carboxylic acids is 1. The molecule has 3 N–H and O–H groups in total. The third-order valence-corrected chi connectivity index (χ3v) is 1.62. The van der Waals surface area contributed by atoms with Gasteiger partial charge in [0, 0.05) is 6.07 Å². The first-order valence-corrected chi connectivity index (χ1v) is 3.50. The van der Waals surface area contributed by atoms with Gasteiger partial charge in [-0.15, -0.1) is 0 Å². The van der Waals surface area contributed by atoms with Crippen LogP contribution in [0.1, 0.15) is 10.4 Å². The Morgan fingerprint density at radius 2 is 2.07 bits per heavy atom. The summed E-state index contributed by atoms with van der Waals surface area (Å²) in [5.74, 6) is -5.16. The molecule has 5 nitrogen and oxygen atoms in total. The molecule has 0 aliphatic rings. The van der Waals surface area contributed by atoms with Crippen LogP contribution in [-0.2, 0) is 0 Å². The molecule has 0 unspecified atom stereocenters. The number of ether oxygens (including phenoxy) is 1. The molecule has 0 spiro atoms. The maximum atomic E-state index is 13.1. The second kappa shape index (κ2) is 3.41. The molecule has 0 radical (unpaired) electrons. The number of phenolic OH excluding ortho intramolecular Hbond substituents is 1. The lowest BCUT2D eigenvalue weighted by molar-refractivity contribution is 0.0687. The predicted octanol–water partition coefficient (Wildman–Crippen LogP) is 0.944. The number of hydrogen-bond donors (Lipinski definition) is 3. The van der Waals surface area contributed by atoms with Crippen LogP contribution in [0.4, 0.5) is 4.39 Å². The molecule has 0 aromatic heterocycles. The van der Waals surface area contributed by atoms with Gasteiger partial charge in [0.15, 0.2) is 17.3 Å².